The highest BCUT2D eigenvalue weighted by molar-refractivity contribution is 7.89. The van der Waals surface area contributed by atoms with Crippen molar-refractivity contribution in [2.24, 2.45) is 0 Å². The molecule has 34 heavy (non-hydrogen) atoms. The van der Waals surface area contributed by atoms with E-state index < -0.39 is 10.0 Å². The zero-order valence-corrected chi connectivity index (χ0v) is 20.7. The number of amides is 1. The first kappa shape index (κ1) is 26.0. The van der Waals surface area contributed by atoms with Crippen LogP contribution >= 0.6 is 0 Å². The number of morpholine rings is 1. The van der Waals surface area contributed by atoms with Crippen LogP contribution in [0.4, 0.5) is 5.69 Å². The van der Waals surface area contributed by atoms with Gasteiger partial charge in [0.15, 0.2) is 0 Å². The average molecular weight is 492 g/mol. The minimum absolute atomic E-state index is 0.102. The summed E-state index contributed by atoms with van der Waals surface area (Å²) in [6, 6.07) is 14.0. The molecule has 10 heteroatoms. The van der Waals surface area contributed by atoms with E-state index in [9.17, 15) is 13.2 Å². The Hall–Kier alpha value is -2.66. The smallest absolute Gasteiger partial charge is 0.243 e. The second-order valence-corrected chi connectivity index (χ2v) is 10.2. The van der Waals surface area contributed by atoms with Gasteiger partial charge in [-0.05, 0) is 51.2 Å². The van der Waals surface area contributed by atoms with Gasteiger partial charge < -0.3 is 19.5 Å². The number of nitrogens with one attached hydrogen (secondary N) is 1. The van der Waals surface area contributed by atoms with Gasteiger partial charge in [-0.3, -0.25) is 9.69 Å². The Kier molecular flexibility index (Phi) is 9.28. The van der Waals surface area contributed by atoms with Crippen molar-refractivity contribution in [3.63, 3.8) is 0 Å². The van der Waals surface area contributed by atoms with Gasteiger partial charge in [0.1, 0.15) is 18.1 Å². The van der Waals surface area contributed by atoms with Gasteiger partial charge in [0.05, 0.1) is 36.4 Å². The molecule has 0 aliphatic carbocycles. The third kappa shape index (κ3) is 7.42. The maximum absolute atomic E-state index is 13.1. The molecule has 1 aliphatic rings. The van der Waals surface area contributed by atoms with Crippen LogP contribution in [-0.2, 0) is 19.6 Å². The van der Waals surface area contributed by atoms with Gasteiger partial charge in [0.2, 0.25) is 15.9 Å². The van der Waals surface area contributed by atoms with Crippen LogP contribution in [0, 0.1) is 0 Å². The molecule has 2 aromatic carbocycles. The van der Waals surface area contributed by atoms with Crippen molar-refractivity contribution in [2.45, 2.75) is 24.8 Å². The lowest BCUT2D eigenvalue weighted by Gasteiger charge is -2.26. The fraction of sp³-hybridized carbons (Fsp3) is 0.458. The molecule has 0 atom stereocenters. The molecule has 1 saturated heterocycles. The van der Waals surface area contributed by atoms with Gasteiger partial charge in [-0.2, -0.15) is 4.31 Å². The molecule has 0 bridgehead atoms. The van der Waals surface area contributed by atoms with Crippen LogP contribution in [-0.4, -0.2) is 82.7 Å². The Morgan fingerprint density at radius 1 is 1.15 bits per heavy atom. The van der Waals surface area contributed by atoms with Crippen molar-refractivity contribution in [1.29, 1.82) is 0 Å². The highest BCUT2D eigenvalue weighted by atomic mass is 32.2. The summed E-state index contributed by atoms with van der Waals surface area (Å²) in [7, 11) is -1.89. The lowest BCUT2D eigenvalue weighted by atomic mass is 10.2. The number of sulfonamides is 1. The molecule has 9 nitrogen and oxygen atoms in total. The van der Waals surface area contributed by atoms with Crippen LogP contribution in [0.1, 0.15) is 13.8 Å². The van der Waals surface area contributed by atoms with Crippen molar-refractivity contribution < 1.29 is 27.4 Å². The summed E-state index contributed by atoms with van der Waals surface area (Å²) < 4.78 is 44.3. The highest BCUT2D eigenvalue weighted by Crippen LogP contribution is 2.30. The van der Waals surface area contributed by atoms with Crippen LogP contribution in [0.2, 0.25) is 0 Å². The second kappa shape index (κ2) is 12.2. The third-order valence-electron chi connectivity index (χ3n) is 5.09. The Bertz CT molecular complexity index is 1040. The monoisotopic (exact) mass is 491 g/mol. The number of para-hydroxylation sites is 1. The molecule has 0 saturated carbocycles. The van der Waals surface area contributed by atoms with E-state index in [2.05, 4.69) is 5.32 Å². The predicted octanol–water partition coefficient (Wildman–Crippen LogP) is 2.44. The number of nitrogens with zero attached hydrogens (tertiary/aromatic N) is 2. The molecule has 0 aromatic heterocycles. The summed E-state index contributed by atoms with van der Waals surface area (Å²) in [5.41, 5.74) is 0.321. The van der Waals surface area contributed by atoms with Gasteiger partial charge in [-0.1, -0.05) is 18.2 Å². The van der Waals surface area contributed by atoms with E-state index in [-0.39, 0.29) is 23.5 Å². The van der Waals surface area contributed by atoms with Crippen molar-refractivity contribution in [3.8, 4) is 11.5 Å². The normalized spacial score (nSPS) is 14.9. The Morgan fingerprint density at radius 2 is 1.85 bits per heavy atom. The van der Waals surface area contributed by atoms with Crippen LogP contribution in [0.5, 0.6) is 11.5 Å². The minimum Gasteiger partial charge on any atom is -0.492 e. The van der Waals surface area contributed by atoms with Crippen LogP contribution < -0.4 is 14.8 Å². The van der Waals surface area contributed by atoms with Crippen LogP contribution in [0.3, 0.4) is 0 Å². The summed E-state index contributed by atoms with van der Waals surface area (Å²) >= 11 is 0. The highest BCUT2D eigenvalue weighted by Gasteiger charge is 2.27. The van der Waals surface area contributed by atoms with E-state index in [1.807, 2.05) is 56.1 Å². The molecule has 0 spiro atoms. The quantitative estimate of drug-likeness (QED) is 0.516. The first-order valence-corrected chi connectivity index (χ1v) is 12.7. The van der Waals surface area contributed by atoms with Gasteiger partial charge in [0.25, 0.3) is 0 Å². The van der Waals surface area contributed by atoms with E-state index in [4.69, 9.17) is 14.2 Å². The fourth-order valence-electron chi connectivity index (χ4n) is 3.41. The van der Waals surface area contributed by atoms with Gasteiger partial charge in [-0.15, -0.1) is 0 Å². The fourth-order valence-corrected chi connectivity index (χ4v) is 4.84. The predicted molar refractivity (Wildman–Crippen MR) is 130 cm³/mol. The molecule has 1 fully saturated rings. The van der Waals surface area contributed by atoms with Crippen molar-refractivity contribution in [1.82, 2.24) is 9.21 Å². The molecule has 3 rings (SSSR count). The lowest BCUT2D eigenvalue weighted by molar-refractivity contribution is -0.117. The van der Waals surface area contributed by atoms with Gasteiger partial charge in [-0.25, -0.2) is 8.42 Å². The van der Waals surface area contributed by atoms with E-state index in [0.29, 0.717) is 50.9 Å². The number of likely N-dealkylation sites (N-methyl/N-ethyl adjacent to an activating group) is 1. The van der Waals surface area contributed by atoms with Crippen LogP contribution in [0.25, 0.3) is 0 Å². The second-order valence-electron chi connectivity index (χ2n) is 8.29. The number of carbonyl (C=O) groups is 1. The SMILES string of the molecule is CC(C)Oc1ccc(S(=O)(=O)N2CCOCC2)cc1NC(=O)CN(C)CCOc1ccccc1. The number of ether oxygens (including phenoxy) is 3. The van der Waals surface area contributed by atoms with E-state index in [1.54, 1.807) is 6.07 Å². The van der Waals surface area contributed by atoms with Crippen molar-refractivity contribution in [2.75, 3.05) is 58.4 Å². The Balaban J connectivity index is 1.65. The third-order valence-corrected chi connectivity index (χ3v) is 6.99. The standard InChI is InChI=1S/C24H33N3O6S/c1-19(2)33-23-10-9-21(34(29,30)27-12-14-31-15-13-27)17-22(23)25-24(28)18-26(3)11-16-32-20-7-5-4-6-8-20/h4-10,17,19H,11-16,18H2,1-3H3,(H,25,28). The summed E-state index contributed by atoms with van der Waals surface area (Å²) in [4.78, 5) is 14.7. The number of rotatable bonds is 11. The molecule has 2 aromatic rings. The largest absolute Gasteiger partial charge is 0.492 e. The zero-order chi connectivity index (χ0) is 24.6. The molecule has 0 unspecified atom stereocenters. The summed E-state index contributed by atoms with van der Waals surface area (Å²) in [6.07, 6.45) is -0.143. The summed E-state index contributed by atoms with van der Waals surface area (Å²) in [5.74, 6) is 0.908. The van der Waals surface area contributed by atoms with E-state index in [0.717, 1.165) is 5.75 Å². The minimum atomic E-state index is -3.71. The van der Waals surface area contributed by atoms with Gasteiger partial charge >= 0.3 is 0 Å². The molecule has 1 aliphatic heterocycles. The molecule has 186 valence electrons. The summed E-state index contributed by atoms with van der Waals surface area (Å²) in [5, 5.41) is 2.82. The van der Waals surface area contributed by atoms with Crippen molar-refractivity contribution in [3.05, 3.63) is 48.5 Å². The van der Waals surface area contributed by atoms with Gasteiger partial charge in [0, 0.05) is 19.6 Å². The summed E-state index contributed by atoms with van der Waals surface area (Å²) in [6.45, 7) is 6.13. The topological polar surface area (TPSA) is 97.4 Å². The molecular weight excluding hydrogens is 458 g/mol. The molecule has 0 radical (unpaired) electrons. The van der Waals surface area contributed by atoms with E-state index in [1.165, 1.54) is 16.4 Å². The zero-order valence-electron chi connectivity index (χ0n) is 19.9. The Labute approximate surface area is 201 Å². The number of hydrogen-bond donors (Lipinski definition) is 1. The first-order chi connectivity index (χ1) is 16.3. The average Bonchev–Trinajstić information content (AvgIpc) is 2.81. The molecule has 1 N–H and O–H groups in total. The number of carbonyl (C=O) groups excluding carboxylic acids is 1. The first-order valence-electron chi connectivity index (χ1n) is 11.3. The maximum Gasteiger partial charge on any atom is 0.243 e. The molecule has 1 amide bonds. The lowest BCUT2D eigenvalue weighted by Crippen LogP contribution is -2.40. The van der Waals surface area contributed by atoms with Crippen molar-refractivity contribution >= 4 is 21.6 Å². The van der Waals surface area contributed by atoms with E-state index >= 15 is 0 Å². The molecular formula is C24H33N3O6S. The number of anilines is 1. The van der Waals surface area contributed by atoms with Crippen LogP contribution in [0.15, 0.2) is 53.4 Å². The number of benzene rings is 2. The Morgan fingerprint density at radius 3 is 2.53 bits per heavy atom. The number of hydrogen-bond acceptors (Lipinski definition) is 7. The molecule has 1 heterocycles. The maximum atomic E-state index is 13.1.